The van der Waals surface area contributed by atoms with Crippen LogP contribution >= 0.6 is 0 Å². The highest BCUT2D eigenvalue weighted by molar-refractivity contribution is 5.95. The SMILES string of the molecule is Cc1ccc(F)c2c1CC(C(=O)O)OC2=O. The number of carboxylic acid groups (broad SMARTS) is 1. The molecule has 0 aromatic heterocycles. The van der Waals surface area contributed by atoms with E-state index >= 15 is 0 Å². The topological polar surface area (TPSA) is 63.6 Å². The highest BCUT2D eigenvalue weighted by atomic mass is 19.1. The number of hydrogen-bond acceptors (Lipinski definition) is 3. The minimum absolute atomic E-state index is 0.0139. The van der Waals surface area contributed by atoms with Crippen molar-refractivity contribution in [2.75, 3.05) is 0 Å². The highest BCUT2D eigenvalue weighted by Gasteiger charge is 2.34. The number of carbonyl (C=O) groups excluding carboxylic acids is 1. The van der Waals surface area contributed by atoms with Crippen molar-refractivity contribution >= 4 is 11.9 Å². The molecule has 4 nitrogen and oxygen atoms in total. The van der Waals surface area contributed by atoms with Crippen molar-refractivity contribution in [1.82, 2.24) is 0 Å². The third kappa shape index (κ3) is 1.54. The third-order valence-electron chi connectivity index (χ3n) is 2.61. The summed E-state index contributed by atoms with van der Waals surface area (Å²) in [5, 5.41) is 8.77. The Morgan fingerprint density at radius 2 is 2.25 bits per heavy atom. The van der Waals surface area contributed by atoms with Crippen molar-refractivity contribution in [1.29, 1.82) is 0 Å². The molecule has 0 spiro atoms. The average molecular weight is 224 g/mol. The number of carbonyl (C=O) groups is 2. The standard InChI is InChI=1S/C11H9FO4/c1-5-2-3-7(12)9-6(5)4-8(10(13)14)16-11(9)15/h2-3,8H,4H2,1H3,(H,13,14). The fraction of sp³-hybridized carbons (Fsp3) is 0.273. The van der Waals surface area contributed by atoms with Gasteiger partial charge in [0, 0.05) is 6.42 Å². The van der Waals surface area contributed by atoms with Gasteiger partial charge in [0.15, 0.2) is 0 Å². The molecule has 1 heterocycles. The van der Waals surface area contributed by atoms with Gasteiger partial charge < -0.3 is 9.84 Å². The zero-order valence-corrected chi connectivity index (χ0v) is 8.49. The van der Waals surface area contributed by atoms with E-state index in [-0.39, 0.29) is 12.0 Å². The molecule has 16 heavy (non-hydrogen) atoms. The number of fused-ring (bicyclic) bond motifs is 1. The highest BCUT2D eigenvalue weighted by Crippen LogP contribution is 2.26. The molecule has 0 saturated carbocycles. The van der Waals surface area contributed by atoms with Gasteiger partial charge >= 0.3 is 11.9 Å². The fourth-order valence-electron chi connectivity index (χ4n) is 1.76. The maximum Gasteiger partial charge on any atom is 0.345 e. The summed E-state index contributed by atoms with van der Waals surface area (Å²) in [6.45, 7) is 1.70. The Morgan fingerprint density at radius 1 is 1.56 bits per heavy atom. The molecule has 1 aliphatic heterocycles. The van der Waals surface area contributed by atoms with Crippen LogP contribution in [-0.2, 0) is 16.0 Å². The van der Waals surface area contributed by atoms with E-state index in [0.717, 1.165) is 0 Å². The molecule has 1 aromatic rings. The lowest BCUT2D eigenvalue weighted by atomic mass is 9.94. The summed E-state index contributed by atoms with van der Waals surface area (Å²) < 4.78 is 18.0. The molecule has 1 unspecified atom stereocenters. The third-order valence-corrected chi connectivity index (χ3v) is 2.61. The summed E-state index contributed by atoms with van der Waals surface area (Å²) in [7, 11) is 0. The molecule has 1 atom stereocenters. The first kappa shape index (κ1) is 10.6. The molecule has 0 amide bonds. The smallest absolute Gasteiger partial charge is 0.345 e. The molecule has 84 valence electrons. The van der Waals surface area contributed by atoms with Crippen molar-refractivity contribution in [3.05, 3.63) is 34.6 Å². The van der Waals surface area contributed by atoms with Crippen LogP contribution in [0.25, 0.3) is 0 Å². The van der Waals surface area contributed by atoms with E-state index in [1.807, 2.05) is 0 Å². The Kier molecular flexibility index (Phi) is 2.38. The van der Waals surface area contributed by atoms with Crippen LogP contribution in [0.5, 0.6) is 0 Å². The van der Waals surface area contributed by atoms with E-state index in [0.29, 0.717) is 11.1 Å². The second-order valence-electron chi connectivity index (χ2n) is 3.65. The van der Waals surface area contributed by atoms with Crippen LogP contribution in [0.3, 0.4) is 0 Å². The van der Waals surface area contributed by atoms with Crippen molar-refractivity contribution in [3.63, 3.8) is 0 Å². The molecule has 0 aliphatic carbocycles. The molecule has 0 bridgehead atoms. The van der Waals surface area contributed by atoms with E-state index in [1.165, 1.54) is 12.1 Å². The van der Waals surface area contributed by atoms with Gasteiger partial charge in [-0.25, -0.2) is 14.0 Å². The number of esters is 1. The number of aryl methyl sites for hydroxylation is 1. The van der Waals surface area contributed by atoms with Crippen molar-refractivity contribution in [3.8, 4) is 0 Å². The molecule has 1 N–H and O–H groups in total. The van der Waals surface area contributed by atoms with Crippen molar-refractivity contribution in [2.45, 2.75) is 19.4 Å². The summed E-state index contributed by atoms with van der Waals surface area (Å²) in [6.07, 6.45) is -1.21. The van der Waals surface area contributed by atoms with Gasteiger partial charge in [-0.1, -0.05) is 6.07 Å². The Morgan fingerprint density at radius 3 is 2.88 bits per heavy atom. The normalized spacial score (nSPS) is 18.9. The van der Waals surface area contributed by atoms with Gasteiger partial charge in [-0.05, 0) is 24.1 Å². The summed E-state index contributed by atoms with van der Waals surface area (Å²) in [4.78, 5) is 22.2. The van der Waals surface area contributed by atoms with Gasteiger partial charge in [-0.15, -0.1) is 0 Å². The summed E-state index contributed by atoms with van der Waals surface area (Å²) >= 11 is 0. The molecular formula is C11H9FO4. The lowest BCUT2D eigenvalue weighted by molar-refractivity contribution is -0.147. The van der Waals surface area contributed by atoms with Crippen LogP contribution in [0.2, 0.25) is 0 Å². The Balaban J connectivity index is 2.54. The molecule has 1 aromatic carbocycles. The fourth-order valence-corrected chi connectivity index (χ4v) is 1.76. The van der Waals surface area contributed by atoms with Crippen molar-refractivity contribution < 1.29 is 23.8 Å². The van der Waals surface area contributed by atoms with Gasteiger partial charge in [0.05, 0.1) is 5.56 Å². The molecule has 0 fully saturated rings. The number of carboxylic acids is 1. The summed E-state index contributed by atoms with van der Waals surface area (Å²) in [5.41, 5.74) is 0.973. The van der Waals surface area contributed by atoms with Gasteiger partial charge in [0.2, 0.25) is 6.10 Å². The maximum atomic E-state index is 13.4. The lowest BCUT2D eigenvalue weighted by Crippen LogP contribution is -2.35. The first-order valence-corrected chi connectivity index (χ1v) is 4.72. The van der Waals surface area contributed by atoms with Gasteiger partial charge in [0.1, 0.15) is 5.82 Å². The van der Waals surface area contributed by atoms with Gasteiger partial charge in [0.25, 0.3) is 0 Å². The lowest BCUT2D eigenvalue weighted by Gasteiger charge is -2.23. The second kappa shape index (κ2) is 3.59. The van der Waals surface area contributed by atoms with Crippen molar-refractivity contribution in [2.24, 2.45) is 0 Å². The first-order valence-electron chi connectivity index (χ1n) is 4.72. The van der Waals surface area contributed by atoms with E-state index < -0.39 is 23.9 Å². The molecule has 0 saturated heterocycles. The summed E-state index contributed by atoms with van der Waals surface area (Å²) in [6, 6.07) is 2.70. The van der Waals surface area contributed by atoms with E-state index in [9.17, 15) is 14.0 Å². The van der Waals surface area contributed by atoms with Crippen LogP contribution in [-0.4, -0.2) is 23.1 Å². The Bertz CT molecular complexity index is 481. The zero-order chi connectivity index (χ0) is 11.9. The predicted octanol–water partition coefficient (Wildman–Crippen LogP) is 1.30. The van der Waals surface area contributed by atoms with Crippen LogP contribution in [0, 0.1) is 12.7 Å². The molecule has 2 rings (SSSR count). The largest absolute Gasteiger partial charge is 0.478 e. The minimum atomic E-state index is -1.22. The number of hydrogen-bond donors (Lipinski definition) is 1. The first-order chi connectivity index (χ1) is 7.50. The van der Waals surface area contributed by atoms with Gasteiger partial charge in [-0.3, -0.25) is 0 Å². The molecule has 0 radical (unpaired) electrons. The number of benzene rings is 1. The van der Waals surface area contributed by atoms with Gasteiger partial charge in [-0.2, -0.15) is 0 Å². The molecule has 1 aliphatic rings. The number of halogens is 1. The van der Waals surface area contributed by atoms with Crippen LogP contribution < -0.4 is 0 Å². The zero-order valence-electron chi connectivity index (χ0n) is 8.49. The molecule has 5 heteroatoms. The van der Waals surface area contributed by atoms with E-state index in [1.54, 1.807) is 6.92 Å². The average Bonchev–Trinajstić information content (AvgIpc) is 2.22. The maximum absolute atomic E-state index is 13.4. The Hall–Kier alpha value is -1.91. The van der Waals surface area contributed by atoms with Crippen LogP contribution in [0.1, 0.15) is 21.5 Å². The second-order valence-corrected chi connectivity index (χ2v) is 3.65. The van der Waals surface area contributed by atoms with Crippen LogP contribution in [0.15, 0.2) is 12.1 Å². The summed E-state index contributed by atoms with van der Waals surface area (Å²) in [5.74, 6) is -2.80. The minimum Gasteiger partial charge on any atom is -0.478 e. The van der Waals surface area contributed by atoms with Crippen LogP contribution in [0.4, 0.5) is 4.39 Å². The predicted molar refractivity (Wildman–Crippen MR) is 51.7 cm³/mol. The van der Waals surface area contributed by atoms with E-state index in [2.05, 4.69) is 4.74 Å². The number of ether oxygens (including phenoxy) is 1. The quantitative estimate of drug-likeness (QED) is 0.730. The molecular weight excluding hydrogens is 215 g/mol. The number of rotatable bonds is 1. The monoisotopic (exact) mass is 224 g/mol. The number of aliphatic carboxylic acids is 1. The number of cyclic esters (lactones) is 1. The Labute approximate surface area is 90.6 Å². The van der Waals surface area contributed by atoms with E-state index in [4.69, 9.17) is 5.11 Å².